The van der Waals surface area contributed by atoms with Gasteiger partial charge in [0.25, 0.3) is 5.91 Å². The molecule has 1 aliphatic heterocycles. The average molecular weight is 397 g/mol. The fourth-order valence-electron chi connectivity index (χ4n) is 2.75. The maximum Gasteiger partial charge on any atom is 0.387 e. The van der Waals surface area contributed by atoms with Crippen molar-refractivity contribution in [3.63, 3.8) is 0 Å². The van der Waals surface area contributed by atoms with E-state index in [2.05, 4.69) is 15.0 Å². The van der Waals surface area contributed by atoms with Crippen molar-refractivity contribution >= 4 is 23.2 Å². The van der Waals surface area contributed by atoms with Gasteiger partial charge in [0, 0.05) is 30.9 Å². The monoisotopic (exact) mass is 396 g/mol. The van der Waals surface area contributed by atoms with E-state index in [0.29, 0.717) is 11.3 Å². The lowest BCUT2D eigenvalue weighted by molar-refractivity contribution is -0.0497. The van der Waals surface area contributed by atoms with Crippen molar-refractivity contribution in [2.75, 3.05) is 31.6 Å². The third-order valence-corrected chi connectivity index (χ3v) is 4.43. The van der Waals surface area contributed by atoms with Crippen molar-refractivity contribution in [2.24, 2.45) is 0 Å². The van der Waals surface area contributed by atoms with E-state index in [1.54, 1.807) is 12.1 Å². The molecular formula is C19H19ClF2N2O3. The van der Waals surface area contributed by atoms with Gasteiger partial charge < -0.3 is 14.8 Å². The molecule has 27 heavy (non-hydrogen) atoms. The number of nitrogens with one attached hydrogen (secondary N) is 1. The molecule has 2 aromatic carbocycles. The number of carbonyl (C=O) groups is 1. The number of morpholine rings is 1. The summed E-state index contributed by atoms with van der Waals surface area (Å²) in [7, 11) is 0. The van der Waals surface area contributed by atoms with Gasteiger partial charge in [-0.1, -0.05) is 23.7 Å². The summed E-state index contributed by atoms with van der Waals surface area (Å²) in [4.78, 5) is 14.7. The molecule has 0 aromatic heterocycles. The Labute approximate surface area is 160 Å². The van der Waals surface area contributed by atoms with Crippen LogP contribution in [0.2, 0.25) is 5.02 Å². The minimum Gasteiger partial charge on any atom is -0.433 e. The molecule has 5 nitrogen and oxygen atoms in total. The largest absolute Gasteiger partial charge is 0.433 e. The van der Waals surface area contributed by atoms with E-state index >= 15 is 0 Å². The average Bonchev–Trinajstić information content (AvgIpc) is 2.65. The fourth-order valence-corrected chi connectivity index (χ4v) is 2.98. The lowest BCUT2D eigenvalue weighted by Crippen LogP contribution is -2.35. The number of carbonyl (C=O) groups excluding carboxylic acids is 1. The van der Waals surface area contributed by atoms with Crippen molar-refractivity contribution in [1.82, 2.24) is 4.90 Å². The topological polar surface area (TPSA) is 50.8 Å². The highest BCUT2D eigenvalue weighted by atomic mass is 35.5. The molecular weight excluding hydrogens is 378 g/mol. The summed E-state index contributed by atoms with van der Waals surface area (Å²) in [6.45, 7) is 1.13. The van der Waals surface area contributed by atoms with Crippen molar-refractivity contribution < 1.29 is 23.0 Å². The molecule has 1 amide bonds. The summed E-state index contributed by atoms with van der Waals surface area (Å²) < 4.78 is 34.1. The van der Waals surface area contributed by atoms with Crippen LogP contribution in [0, 0.1) is 0 Å². The predicted molar refractivity (Wildman–Crippen MR) is 98.6 cm³/mol. The molecule has 3 rings (SSSR count). The number of halogens is 3. The molecule has 1 fully saturated rings. The van der Waals surface area contributed by atoms with Crippen LogP contribution < -0.4 is 10.1 Å². The summed E-state index contributed by atoms with van der Waals surface area (Å²) in [5.74, 6) is -0.455. The van der Waals surface area contributed by atoms with Crippen molar-refractivity contribution in [1.29, 1.82) is 0 Å². The molecule has 0 spiro atoms. The molecule has 1 saturated heterocycles. The number of anilines is 1. The van der Waals surface area contributed by atoms with E-state index < -0.39 is 6.61 Å². The van der Waals surface area contributed by atoms with Crippen LogP contribution in [0.15, 0.2) is 42.5 Å². The second-order valence-electron chi connectivity index (χ2n) is 6.06. The van der Waals surface area contributed by atoms with Crippen molar-refractivity contribution in [2.45, 2.75) is 13.2 Å². The zero-order valence-corrected chi connectivity index (χ0v) is 15.2. The Hall–Kier alpha value is -2.22. The number of benzene rings is 2. The number of hydrogen-bond donors (Lipinski definition) is 1. The van der Waals surface area contributed by atoms with Gasteiger partial charge in [-0.05, 0) is 35.9 Å². The van der Waals surface area contributed by atoms with Gasteiger partial charge in [-0.15, -0.1) is 0 Å². The fraction of sp³-hybridized carbons (Fsp3) is 0.316. The SMILES string of the molecule is O=C(Nc1ccc(OC(F)F)c(Cl)c1)c1ccc(CN2CCOCC2)cc1. The zero-order valence-electron chi connectivity index (χ0n) is 14.5. The van der Waals surface area contributed by atoms with Crippen LogP contribution in [0.5, 0.6) is 5.75 Å². The van der Waals surface area contributed by atoms with E-state index in [1.165, 1.54) is 18.2 Å². The first-order chi connectivity index (χ1) is 13.0. The molecule has 1 heterocycles. The van der Waals surface area contributed by atoms with E-state index in [9.17, 15) is 13.6 Å². The normalized spacial score (nSPS) is 15.0. The summed E-state index contributed by atoms with van der Waals surface area (Å²) in [5.41, 5.74) is 2.00. The van der Waals surface area contributed by atoms with E-state index in [4.69, 9.17) is 16.3 Å². The third-order valence-electron chi connectivity index (χ3n) is 4.13. The first-order valence-electron chi connectivity index (χ1n) is 8.46. The second-order valence-corrected chi connectivity index (χ2v) is 6.47. The van der Waals surface area contributed by atoms with Crippen LogP contribution in [-0.2, 0) is 11.3 Å². The number of ether oxygens (including phenoxy) is 2. The molecule has 0 aliphatic carbocycles. The van der Waals surface area contributed by atoms with Gasteiger partial charge in [0.05, 0.1) is 18.2 Å². The Morgan fingerprint density at radius 1 is 1.19 bits per heavy atom. The Balaban J connectivity index is 1.59. The second kappa shape index (κ2) is 9.12. The number of amides is 1. The molecule has 0 atom stereocenters. The lowest BCUT2D eigenvalue weighted by Gasteiger charge is -2.26. The molecule has 144 valence electrons. The van der Waals surface area contributed by atoms with Crippen LogP contribution in [0.25, 0.3) is 0 Å². The summed E-state index contributed by atoms with van der Waals surface area (Å²) in [6, 6.07) is 11.4. The van der Waals surface area contributed by atoms with Gasteiger partial charge in [-0.3, -0.25) is 9.69 Å². The van der Waals surface area contributed by atoms with Gasteiger partial charge in [0.1, 0.15) is 5.75 Å². The van der Waals surface area contributed by atoms with Crippen LogP contribution in [0.4, 0.5) is 14.5 Å². The van der Waals surface area contributed by atoms with Gasteiger partial charge in [0.2, 0.25) is 0 Å². The van der Waals surface area contributed by atoms with Gasteiger partial charge in [-0.25, -0.2) is 0 Å². The number of alkyl halides is 2. The number of hydrogen-bond acceptors (Lipinski definition) is 4. The Morgan fingerprint density at radius 3 is 2.52 bits per heavy atom. The summed E-state index contributed by atoms with van der Waals surface area (Å²) >= 11 is 5.89. The Kier molecular flexibility index (Phi) is 6.60. The van der Waals surface area contributed by atoms with Crippen LogP contribution in [0.1, 0.15) is 15.9 Å². The van der Waals surface area contributed by atoms with E-state index in [-0.39, 0.29) is 16.7 Å². The molecule has 2 aromatic rings. The molecule has 1 aliphatic rings. The van der Waals surface area contributed by atoms with Gasteiger partial charge in [0.15, 0.2) is 0 Å². The standard InChI is InChI=1S/C19H19ClF2N2O3/c20-16-11-15(5-6-17(16)27-19(21)22)23-18(25)14-3-1-13(2-4-14)12-24-7-9-26-10-8-24/h1-6,11,19H,7-10,12H2,(H,23,25). The first kappa shape index (κ1) is 19.5. The number of rotatable bonds is 6. The minimum absolute atomic E-state index is 0.00559. The zero-order chi connectivity index (χ0) is 19.2. The highest BCUT2D eigenvalue weighted by Crippen LogP contribution is 2.29. The molecule has 8 heteroatoms. The van der Waals surface area contributed by atoms with Crippen LogP contribution >= 0.6 is 11.6 Å². The maximum atomic E-state index is 12.4. The van der Waals surface area contributed by atoms with Gasteiger partial charge in [-0.2, -0.15) is 8.78 Å². The molecule has 0 unspecified atom stereocenters. The van der Waals surface area contributed by atoms with Gasteiger partial charge >= 0.3 is 6.61 Å². The number of nitrogens with zero attached hydrogens (tertiary/aromatic N) is 1. The van der Waals surface area contributed by atoms with E-state index in [1.807, 2.05) is 12.1 Å². The summed E-state index contributed by atoms with van der Waals surface area (Å²) in [6.07, 6.45) is 0. The molecule has 0 radical (unpaired) electrons. The van der Waals surface area contributed by atoms with Crippen molar-refractivity contribution in [3.05, 3.63) is 58.6 Å². The predicted octanol–water partition coefficient (Wildman–Crippen LogP) is 4.03. The van der Waals surface area contributed by atoms with Crippen LogP contribution in [-0.4, -0.2) is 43.7 Å². The summed E-state index contributed by atoms with van der Waals surface area (Å²) in [5, 5.41) is 2.68. The first-order valence-corrected chi connectivity index (χ1v) is 8.84. The molecule has 0 bridgehead atoms. The highest BCUT2D eigenvalue weighted by Gasteiger charge is 2.13. The van der Waals surface area contributed by atoms with Crippen molar-refractivity contribution in [3.8, 4) is 5.75 Å². The highest BCUT2D eigenvalue weighted by molar-refractivity contribution is 6.32. The molecule has 0 saturated carbocycles. The van der Waals surface area contributed by atoms with E-state index in [0.717, 1.165) is 38.4 Å². The maximum absolute atomic E-state index is 12.4. The minimum atomic E-state index is -2.96. The quantitative estimate of drug-likeness (QED) is 0.801. The smallest absolute Gasteiger partial charge is 0.387 e. The van der Waals surface area contributed by atoms with Crippen LogP contribution in [0.3, 0.4) is 0 Å². The Morgan fingerprint density at radius 2 is 1.89 bits per heavy atom. The lowest BCUT2D eigenvalue weighted by atomic mass is 10.1. The third kappa shape index (κ3) is 5.63. The Bertz CT molecular complexity index is 781. The molecule has 1 N–H and O–H groups in total.